The molecule has 0 radical (unpaired) electrons. The Labute approximate surface area is 123 Å². The van der Waals surface area contributed by atoms with Crippen molar-refractivity contribution in [3.63, 3.8) is 0 Å². The summed E-state index contributed by atoms with van der Waals surface area (Å²) in [4.78, 5) is 29.2. The third-order valence-corrected chi connectivity index (χ3v) is 5.44. The maximum Gasteiger partial charge on any atom is 0.329 e. The van der Waals surface area contributed by atoms with E-state index in [-0.39, 0.29) is 5.91 Å². The van der Waals surface area contributed by atoms with Crippen LogP contribution in [0.1, 0.15) is 28.2 Å². The zero-order valence-electron chi connectivity index (χ0n) is 10.7. The first kappa shape index (κ1) is 13.3. The van der Waals surface area contributed by atoms with E-state index < -0.39 is 11.5 Å². The molecule has 5 nitrogen and oxygen atoms in total. The van der Waals surface area contributed by atoms with Crippen LogP contribution in [0.2, 0.25) is 0 Å². The molecule has 20 heavy (non-hydrogen) atoms. The molecule has 0 bridgehead atoms. The van der Waals surface area contributed by atoms with Crippen LogP contribution in [0.3, 0.4) is 0 Å². The average Bonchev–Trinajstić information content (AvgIpc) is 2.86. The van der Waals surface area contributed by atoms with Crippen LogP contribution in [-0.4, -0.2) is 27.5 Å². The van der Waals surface area contributed by atoms with Gasteiger partial charge in [-0.3, -0.25) is 4.79 Å². The van der Waals surface area contributed by atoms with Gasteiger partial charge in [-0.25, -0.2) is 9.78 Å². The second-order valence-corrected chi connectivity index (χ2v) is 6.70. The van der Waals surface area contributed by atoms with Gasteiger partial charge in [-0.2, -0.15) is 0 Å². The van der Waals surface area contributed by atoms with E-state index in [0.717, 1.165) is 9.88 Å². The average molecular weight is 308 g/mol. The second-order valence-electron chi connectivity index (χ2n) is 4.75. The first-order chi connectivity index (χ1) is 9.52. The molecular formula is C13H12N2O3S2. The molecule has 0 aliphatic heterocycles. The van der Waals surface area contributed by atoms with Crippen LogP contribution in [0, 0.1) is 6.92 Å². The minimum atomic E-state index is -1.06. The molecule has 0 atom stereocenters. The predicted octanol–water partition coefficient (Wildman–Crippen LogP) is 2.53. The number of thiazole rings is 1. The van der Waals surface area contributed by atoms with E-state index in [1.165, 1.54) is 11.3 Å². The number of amides is 1. The van der Waals surface area contributed by atoms with Crippen molar-refractivity contribution >= 4 is 34.6 Å². The summed E-state index contributed by atoms with van der Waals surface area (Å²) in [5, 5.41) is 14.5. The maximum absolute atomic E-state index is 12.2. The lowest BCUT2D eigenvalue weighted by atomic mass is 10.2. The van der Waals surface area contributed by atoms with Gasteiger partial charge in [-0.05, 0) is 31.2 Å². The Balaban J connectivity index is 1.84. The van der Waals surface area contributed by atoms with Gasteiger partial charge in [0.1, 0.15) is 15.4 Å². The maximum atomic E-state index is 12.2. The highest BCUT2D eigenvalue weighted by Crippen LogP contribution is 2.37. The summed E-state index contributed by atoms with van der Waals surface area (Å²) in [6.45, 7) is 1.77. The molecular weight excluding hydrogens is 296 g/mol. The topological polar surface area (TPSA) is 79.3 Å². The van der Waals surface area contributed by atoms with E-state index >= 15 is 0 Å². The molecule has 2 aromatic heterocycles. The SMILES string of the molecule is Cc1nc(-c2cccs2)sc1C(=O)NC1(C(=O)O)CC1. The molecule has 0 aromatic carbocycles. The molecule has 0 unspecified atom stereocenters. The summed E-state index contributed by atoms with van der Waals surface area (Å²) in [7, 11) is 0. The van der Waals surface area contributed by atoms with Gasteiger partial charge >= 0.3 is 5.97 Å². The van der Waals surface area contributed by atoms with Crippen molar-refractivity contribution in [2.75, 3.05) is 0 Å². The predicted molar refractivity (Wildman–Crippen MR) is 77.2 cm³/mol. The number of nitrogens with one attached hydrogen (secondary N) is 1. The van der Waals surface area contributed by atoms with Crippen molar-refractivity contribution in [2.24, 2.45) is 0 Å². The van der Waals surface area contributed by atoms with Crippen LogP contribution in [0.25, 0.3) is 9.88 Å². The first-order valence-corrected chi connectivity index (χ1v) is 7.79. The van der Waals surface area contributed by atoms with Gasteiger partial charge < -0.3 is 10.4 Å². The van der Waals surface area contributed by atoms with E-state index in [4.69, 9.17) is 5.11 Å². The van der Waals surface area contributed by atoms with Crippen molar-refractivity contribution in [2.45, 2.75) is 25.3 Å². The Morgan fingerprint density at radius 3 is 2.75 bits per heavy atom. The molecule has 2 N–H and O–H groups in total. The Bertz CT molecular complexity index is 672. The number of carboxylic acids is 1. The summed E-state index contributed by atoms with van der Waals surface area (Å²) in [5.41, 5.74) is -0.423. The van der Waals surface area contributed by atoms with Crippen molar-refractivity contribution < 1.29 is 14.7 Å². The van der Waals surface area contributed by atoms with Crippen LogP contribution in [0.5, 0.6) is 0 Å². The Morgan fingerprint density at radius 1 is 1.45 bits per heavy atom. The van der Waals surface area contributed by atoms with Gasteiger partial charge in [0, 0.05) is 0 Å². The molecule has 1 saturated carbocycles. The molecule has 1 amide bonds. The molecule has 1 aliphatic rings. The number of aromatic nitrogens is 1. The largest absolute Gasteiger partial charge is 0.480 e. The summed E-state index contributed by atoms with van der Waals surface area (Å²) in [6.07, 6.45) is 0.980. The van der Waals surface area contributed by atoms with Crippen LogP contribution >= 0.6 is 22.7 Å². The molecule has 7 heteroatoms. The van der Waals surface area contributed by atoms with Gasteiger partial charge in [0.25, 0.3) is 5.91 Å². The van der Waals surface area contributed by atoms with Crippen molar-refractivity contribution in [3.05, 3.63) is 28.1 Å². The zero-order chi connectivity index (χ0) is 14.3. The lowest BCUT2D eigenvalue weighted by molar-refractivity contribution is -0.140. The second kappa shape index (κ2) is 4.68. The van der Waals surface area contributed by atoms with Gasteiger partial charge in [0.05, 0.1) is 10.6 Å². The van der Waals surface area contributed by atoms with Gasteiger partial charge in [-0.1, -0.05) is 6.07 Å². The van der Waals surface area contributed by atoms with Crippen molar-refractivity contribution in [3.8, 4) is 9.88 Å². The monoisotopic (exact) mass is 308 g/mol. The number of nitrogens with zero attached hydrogens (tertiary/aromatic N) is 1. The van der Waals surface area contributed by atoms with E-state index in [2.05, 4.69) is 10.3 Å². The van der Waals surface area contributed by atoms with Crippen LogP contribution in [0.4, 0.5) is 0 Å². The lowest BCUT2D eigenvalue weighted by Crippen LogP contribution is -2.42. The number of hydrogen-bond donors (Lipinski definition) is 2. The van der Waals surface area contributed by atoms with E-state index in [9.17, 15) is 9.59 Å². The Kier molecular flexibility index (Phi) is 3.10. The van der Waals surface area contributed by atoms with E-state index in [1.807, 2.05) is 17.5 Å². The van der Waals surface area contributed by atoms with Crippen LogP contribution in [-0.2, 0) is 4.79 Å². The zero-order valence-corrected chi connectivity index (χ0v) is 12.3. The van der Waals surface area contributed by atoms with Crippen LogP contribution < -0.4 is 5.32 Å². The lowest BCUT2D eigenvalue weighted by Gasteiger charge is -2.11. The standard InChI is InChI=1S/C13H12N2O3S2/c1-7-9(10(16)15-13(4-5-13)12(17)18)20-11(14-7)8-3-2-6-19-8/h2-3,6H,4-5H2,1H3,(H,15,16)(H,17,18). The highest BCUT2D eigenvalue weighted by Gasteiger charge is 2.52. The minimum absolute atomic E-state index is 0.345. The number of carboxylic acid groups (broad SMARTS) is 1. The Hall–Kier alpha value is -1.73. The number of carbonyl (C=O) groups excluding carboxylic acids is 1. The minimum Gasteiger partial charge on any atom is -0.480 e. The van der Waals surface area contributed by atoms with Gasteiger partial charge in [-0.15, -0.1) is 22.7 Å². The molecule has 2 heterocycles. The van der Waals surface area contributed by atoms with Crippen molar-refractivity contribution in [1.29, 1.82) is 0 Å². The normalized spacial score (nSPS) is 15.8. The number of rotatable bonds is 4. The molecule has 2 aromatic rings. The first-order valence-electron chi connectivity index (χ1n) is 6.09. The van der Waals surface area contributed by atoms with Gasteiger partial charge in [0.15, 0.2) is 0 Å². The fraction of sp³-hybridized carbons (Fsp3) is 0.308. The highest BCUT2D eigenvalue weighted by atomic mass is 32.1. The number of carbonyl (C=O) groups is 2. The third-order valence-electron chi connectivity index (χ3n) is 3.25. The molecule has 1 aliphatic carbocycles. The fourth-order valence-electron chi connectivity index (χ4n) is 1.90. The smallest absolute Gasteiger partial charge is 0.329 e. The molecule has 104 valence electrons. The fourth-order valence-corrected chi connectivity index (χ4v) is 3.66. The molecule has 3 rings (SSSR count). The summed E-state index contributed by atoms with van der Waals surface area (Å²) >= 11 is 2.86. The number of thiophene rings is 1. The third kappa shape index (κ3) is 2.23. The molecule has 0 spiro atoms. The quantitative estimate of drug-likeness (QED) is 0.909. The Morgan fingerprint density at radius 2 is 2.20 bits per heavy atom. The number of aryl methyl sites for hydroxylation is 1. The van der Waals surface area contributed by atoms with Crippen LogP contribution in [0.15, 0.2) is 17.5 Å². The van der Waals surface area contributed by atoms with E-state index in [0.29, 0.717) is 23.4 Å². The highest BCUT2D eigenvalue weighted by molar-refractivity contribution is 7.22. The summed E-state index contributed by atoms with van der Waals surface area (Å²) in [5.74, 6) is -1.31. The molecule has 0 saturated heterocycles. The van der Waals surface area contributed by atoms with Gasteiger partial charge in [0.2, 0.25) is 0 Å². The number of aliphatic carboxylic acids is 1. The van der Waals surface area contributed by atoms with Crippen molar-refractivity contribution in [1.82, 2.24) is 10.3 Å². The summed E-state index contributed by atoms with van der Waals surface area (Å²) in [6, 6.07) is 3.88. The number of hydrogen-bond acceptors (Lipinski definition) is 5. The van der Waals surface area contributed by atoms with E-state index in [1.54, 1.807) is 18.3 Å². The molecule has 1 fully saturated rings. The summed E-state index contributed by atoms with van der Waals surface area (Å²) < 4.78 is 0.